The molecule has 180 valence electrons. The second kappa shape index (κ2) is 11.2. The van der Waals surface area contributed by atoms with Crippen molar-refractivity contribution in [2.24, 2.45) is 11.8 Å². The maximum Gasteiger partial charge on any atom is 0.513 e. The van der Waals surface area contributed by atoms with Crippen LogP contribution in [0.25, 0.3) is 0 Å². The van der Waals surface area contributed by atoms with E-state index in [1.807, 2.05) is 18.7 Å². The standard InChI is InChI=1S/C24H33N3O6/c1-4-32-24(31)33-20-7-5-18(6-8-20)22(29)25-14-17-9-11-26(12-10-17)23(30)19-13-21(28)27(15-19)16(2)3/h5-8,16-17,19H,4,9-15H2,1-3H3,(H,25,29). The number of carbonyl (C=O) groups is 4. The Morgan fingerprint density at radius 1 is 1.12 bits per heavy atom. The summed E-state index contributed by atoms with van der Waals surface area (Å²) in [6, 6.07) is 6.39. The fourth-order valence-electron chi connectivity index (χ4n) is 4.27. The van der Waals surface area contributed by atoms with Gasteiger partial charge in [-0.2, -0.15) is 0 Å². The van der Waals surface area contributed by atoms with Crippen molar-refractivity contribution in [3.8, 4) is 5.75 Å². The maximum atomic E-state index is 12.8. The predicted molar refractivity (Wildman–Crippen MR) is 121 cm³/mol. The lowest BCUT2D eigenvalue weighted by molar-refractivity contribution is -0.137. The van der Waals surface area contributed by atoms with Crippen LogP contribution in [0.2, 0.25) is 0 Å². The normalized spacial score (nSPS) is 19.0. The Kier molecular flexibility index (Phi) is 8.30. The van der Waals surface area contributed by atoms with Crippen LogP contribution in [0.5, 0.6) is 5.75 Å². The van der Waals surface area contributed by atoms with Gasteiger partial charge in [0.1, 0.15) is 5.75 Å². The summed E-state index contributed by atoms with van der Waals surface area (Å²) in [6.45, 7) is 8.18. The SMILES string of the molecule is CCOC(=O)Oc1ccc(C(=O)NCC2CCN(C(=O)C3CC(=O)N(C(C)C)C3)CC2)cc1. The molecule has 1 atom stereocenters. The molecule has 0 saturated carbocycles. The van der Waals surface area contributed by atoms with Crippen molar-refractivity contribution in [2.45, 2.75) is 46.1 Å². The van der Waals surface area contributed by atoms with E-state index >= 15 is 0 Å². The average Bonchev–Trinajstić information content (AvgIpc) is 3.20. The van der Waals surface area contributed by atoms with E-state index in [0.717, 1.165) is 12.8 Å². The van der Waals surface area contributed by atoms with Crippen molar-refractivity contribution in [3.63, 3.8) is 0 Å². The molecule has 1 aromatic carbocycles. The van der Waals surface area contributed by atoms with E-state index < -0.39 is 6.16 Å². The topological polar surface area (TPSA) is 105 Å². The van der Waals surface area contributed by atoms with Crippen molar-refractivity contribution in [1.82, 2.24) is 15.1 Å². The zero-order valence-electron chi connectivity index (χ0n) is 19.5. The molecular weight excluding hydrogens is 426 g/mol. The maximum absolute atomic E-state index is 12.8. The number of hydrogen-bond acceptors (Lipinski definition) is 6. The van der Waals surface area contributed by atoms with Crippen LogP contribution in [0, 0.1) is 11.8 Å². The minimum atomic E-state index is -0.781. The third-order valence-electron chi connectivity index (χ3n) is 6.19. The largest absolute Gasteiger partial charge is 0.513 e. The van der Waals surface area contributed by atoms with Gasteiger partial charge < -0.3 is 24.6 Å². The van der Waals surface area contributed by atoms with E-state index in [1.165, 1.54) is 0 Å². The van der Waals surface area contributed by atoms with E-state index in [9.17, 15) is 19.2 Å². The predicted octanol–water partition coefficient (Wildman–Crippen LogP) is 2.45. The van der Waals surface area contributed by atoms with Gasteiger partial charge in [0.05, 0.1) is 12.5 Å². The number of likely N-dealkylation sites (tertiary alicyclic amines) is 2. The molecule has 1 N–H and O–H groups in total. The second-order valence-electron chi connectivity index (χ2n) is 8.83. The summed E-state index contributed by atoms with van der Waals surface area (Å²) in [5.74, 6) is 0.284. The molecule has 3 amide bonds. The minimum Gasteiger partial charge on any atom is -0.434 e. The molecule has 2 aliphatic rings. The number of amides is 3. The van der Waals surface area contributed by atoms with E-state index in [4.69, 9.17) is 9.47 Å². The van der Waals surface area contributed by atoms with Crippen molar-refractivity contribution in [2.75, 3.05) is 32.8 Å². The number of rotatable bonds is 7. The number of nitrogens with one attached hydrogen (secondary N) is 1. The van der Waals surface area contributed by atoms with Crippen LogP contribution in [0.1, 0.15) is 50.4 Å². The molecule has 1 aromatic rings. The van der Waals surface area contributed by atoms with Crippen molar-refractivity contribution >= 4 is 23.9 Å². The monoisotopic (exact) mass is 459 g/mol. The summed E-state index contributed by atoms with van der Waals surface area (Å²) in [4.78, 5) is 52.4. The van der Waals surface area contributed by atoms with Gasteiger partial charge in [-0.25, -0.2) is 4.79 Å². The quantitative estimate of drug-likeness (QED) is 0.496. The summed E-state index contributed by atoms with van der Waals surface area (Å²) >= 11 is 0. The minimum absolute atomic E-state index is 0.0569. The fourth-order valence-corrected chi connectivity index (χ4v) is 4.27. The Labute approximate surface area is 194 Å². The first kappa shape index (κ1) is 24.5. The molecule has 0 bridgehead atoms. The lowest BCUT2D eigenvalue weighted by Gasteiger charge is -2.33. The van der Waals surface area contributed by atoms with Gasteiger partial charge in [-0.15, -0.1) is 0 Å². The molecule has 9 heteroatoms. The Morgan fingerprint density at radius 3 is 2.36 bits per heavy atom. The number of ether oxygens (including phenoxy) is 2. The third kappa shape index (κ3) is 6.46. The first-order chi connectivity index (χ1) is 15.8. The van der Waals surface area contributed by atoms with Crippen LogP contribution in [-0.2, 0) is 14.3 Å². The zero-order chi connectivity index (χ0) is 24.0. The van der Waals surface area contributed by atoms with Crippen molar-refractivity contribution < 1.29 is 28.7 Å². The van der Waals surface area contributed by atoms with E-state index in [2.05, 4.69) is 5.32 Å². The summed E-state index contributed by atoms with van der Waals surface area (Å²) < 4.78 is 9.70. The highest BCUT2D eigenvalue weighted by atomic mass is 16.7. The second-order valence-corrected chi connectivity index (χ2v) is 8.83. The number of nitrogens with zero attached hydrogens (tertiary/aromatic N) is 2. The van der Waals surface area contributed by atoms with Gasteiger partial charge in [-0.1, -0.05) is 0 Å². The van der Waals surface area contributed by atoms with Crippen molar-refractivity contribution in [1.29, 1.82) is 0 Å². The first-order valence-corrected chi connectivity index (χ1v) is 11.6. The highest BCUT2D eigenvalue weighted by Gasteiger charge is 2.38. The molecule has 0 radical (unpaired) electrons. The van der Waals surface area contributed by atoms with Gasteiger partial charge in [0, 0.05) is 44.2 Å². The molecule has 9 nitrogen and oxygen atoms in total. The molecule has 0 aromatic heterocycles. The van der Waals surface area contributed by atoms with Gasteiger partial charge in [0.2, 0.25) is 11.8 Å². The molecule has 0 spiro atoms. The molecule has 0 aliphatic carbocycles. The highest BCUT2D eigenvalue weighted by molar-refractivity contribution is 5.94. The molecule has 2 aliphatic heterocycles. The molecule has 1 unspecified atom stereocenters. The van der Waals surface area contributed by atoms with E-state index in [-0.39, 0.29) is 36.3 Å². The molecule has 3 rings (SSSR count). The van der Waals surface area contributed by atoms with Crippen molar-refractivity contribution in [3.05, 3.63) is 29.8 Å². The Balaban J connectivity index is 1.40. The summed E-state index contributed by atoms with van der Waals surface area (Å²) in [5.41, 5.74) is 0.472. The van der Waals surface area contributed by atoms with Crippen LogP contribution in [-0.4, -0.2) is 72.5 Å². The Bertz CT molecular complexity index is 861. The summed E-state index contributed by atoms with van der Waals surface area (Å²) in [5, 5.41) is 2.95. The van der Waals surface area contributed by atoms with E-state index in [0.29, 0.717) is 49.8 Å². The average molecular weight is 460 g/mol. The van der Waals surface area contributed by atoms with Gasteiger partial charge in [-0.3, -0.25) is 14.4 Å². The van der Waals surface area contributed by atoms with Gasteiger partial charge in [0.15, 0.2) is 0 Å². The lowest BCUT2D eigenvalue weighted by Crippen LogP contribution is -2.44. The molecule has 2 heterocycles. The number of carbonyl (C=O) groups excluding carboxylic acids is 4. The molecular formula is C24H33N3O6. The Hall–Kier alpha value is -3.10. The lowest BCUT2D eigenvalue weighted by atomic mass is 9.95. The first-order valence-electron chi connectivity index (χ1n) is 11.6. The molecule has 2 fully saturated rings. The zero-order valence-corrected chi connectivity index (χ0v) is 19.5. The van der Waals surface area contributed by atoms with Crippen LogP contribution in [0.15, 0.2) is 24.3 Å². The van der Waals surface area contributed by atoms with Gasteiger partial charge in [0.25, 0.3) is 5.91 Å². The van der Waals surface area contributed by atoms with Gasteiger partial charge >= 0.3 is 6.16 Å². The number of benzene rings is 1. The van der Waals surface area contributed by atoms with E-state index in [1.54, 1.807) is 36.1 Å². The highest BCUT2D eigenvalue weighted by Crippen LogP contribution is 2.25. The van der Waals surface area contributed by atoms with Crippen LogP contribution in [0.3, 0.4) is 0 Å². The smallest absolute Gasteiger partial charge is 0.434 e. The fraction of sp³-hybridized carbons (Fsp3) is 0.583. The van der Waals surface area contributed by atoms with Gasteiger partial charge in [-0.05, 0) is 63.8 Å². The third-order valence-corrected chi connectivity index (χ3v) is 6.19. The van der Waals surface area contributed by atoms with Crippen LogP contribution < -0.4 is 10.1 Å². The summed E-state index contributed by atoms with van der Waals surface area (Å²) in [7, 11) is 0. The molecule has 33 heavy (non-hydrogen) atoms. The van der Waals surface area contributed by atoms with Crippen LogP contribution >= 0.6 is 0 Å². The Morgan fingerprint density at radius 2 is 1.79 bits per heavy atom. The van der Waals surface area contributed by atoms with Crippen LogP contribution in [0.4, 0.5) is 4.79 Å². The number of piperidine rings is 1. The summed E-state index contributed by atoms with van der Waals surface area (Å²) in [6.07, 6.45) is 1.15. The molecule has 2 saturated heterocycles. The number of hydrogen-bond donors (Lipinski definition) is 1.